The summed E-state index contributed by atoms with van der Waals surface area (Å²) in [4.78, 5) is 16.3. The van der Waals surface area contributed by atoms with E-state index in [1.807, 2.05) is 19.2 Å². The van der Waals surface area contributed by atoms with Crippen molar-refractivity contribution in [2.24, 2.45) is 11.1 Å². The molecule has 0 spiro atoms. The van der Waals surface area contributed by atoms with Gasteiger partial charge in [0.05, 0.1) is 6.04 Å². The van der Waals surface area contributed by atoms with Gasteiger partial charge in [0.15, 0.2) is 0 Å². The Balaban J connectivity index is 2.39. The molecule has 19 heavy (non-hydrogen) atoms. The third-order valence-electron chi connectivity index (χ3n) is 3.23. The Hall–Kier alpha value is -0.940. The molecule has 0 aliphatic carbocycles. The SMILES string of the molecule is Cc1csc(C(C)NC(=O)CCC(C)(C)CCN)n1. The molecule has 0 bridgehead atoms. The number of amides is 1. The van der Waals surface area contributed by atoms with Crippen molar-refractivity contribution in [2.45, 2.75) is 53.0 Å². The molecule has 1 heterocycles. The van der Waals surface area contributed by atoms with E-state index >= 15 is 0 Å². The smallest absolute Gasteiger partial charge is 0.220 e. The molecular weight excluding hydrogens is 258 g/mol. The Morgan fingerprint density at radius 2 is 2.21 bits per heavy atom. The molecule has 5 heteroatoms. The molecule has 0 radical (unpaired) electrons. The highest BCUT2D eigenvalue weighted by atomic mass is 32.1. The van der Waals surface area contributed by atoms with Crippen molar-refractivity contribution in [1.82, 2.24) is 10.3 Å². The zero-order valence-electron chi connectivity index (χ0n) is 12.3. The number of rotatable bonds is 7. The van der Waals surface area contributed by atoms with E-state index in [1.165, 1.54) is 0 Å². The number of carbonyl (C=O) groups is 1. The largest absolute Gasteiger partial charge is 0.347 e. The minimum Gasteiger partial charge on any atom is -0.347 e. The highest BCUT2D eigenvalue weighted by Gasteiger charge is 2.19. The summed E-state index contributed by atoms with van der Waals surface area (Å²) in [5, 5.41) is 5.97. The maximum Gasteiger partial charge on any atom is 0.220 e. The van der Waals surface area contributed by atoms with Gasteiger partial charge in [-0.05, 0) is 38.6 Å². The van der Waals surface area contributed by atoms with Crippen LogP contribution < -0.4 is 11.1 Å². The van der Waals surface area contributed by atoms with Crippen LogP contribution in [-0.4, -0.2) is 17.4 Å². The quantitative estimate of drug-likeness (QED) is 0.808. The van der Waals surface area contributed by atoms with Crippen LogP contribution in [0.2, 0.25) is 0 Å². The third kappa shape index (κ3) is 5.70. The average molecular weight is 283 g/mol. The first-order chi connectivity index (χ1) is 8.84. The summed E-state index contributed by atoms with van der Waals surface area (Å²) in [6.45, 7) is 8.91. The van der Waals surface area contributed by atoms with E-state index in [1.54, 1.807) is 11.3 Å². The standard InChI is InChI=1S/C14H25N3OS/c1-10-9-19-13(16-10)11(2)17-12(18)5-6-14(3,4)7-8-15/h9,11H,5-8,15H2,1-4H3,(H,17,18). The van der Waals surface area contributed by atoms with E-state index in [-0.39, 0.29) is 17.4 Å². The lowest BCUT2D eigenvalue weighted by atomic mass is 9.84. The topological polar surface area (TPSA) is 68.0 Å². The van der Waals surface area contributed by atoms with Gasteiger partial charge in [0.2, 0.25) is 5.91 Å². The van der Waals surface area contributed by atoms with Crippen LogP contribution in [0.1, 0.15) is 56.8 Å². The Morgan fingerprint density at radius 1 is 1.53 bits per heavy atom. The third-order valence-corrected chi connectivity index (χ3v) is 4.38. The summed E-state index contributed by atoms with van der Waals surface area (Å²) >= 11 is 1.59. The minimum atomic E-state index is -0.0104. The van der Waals surface area contributed by atoms with E-state index < -0.39 is 0 Å². The number of nitrogens with two attached hydrogens (primary N) is 1. The molecule has 1 aromatic heterocycles. The van der Waals surface area contributed by atoms with E-state index in [2.05, 4.69) is 24.1 Å². The molecule has 0 saturated carbocycles. The molecule has 0 fully saturated rings. The summed E-state index contributed by atoms with van der Waals surface area (Å²) in [5.74, 6) is 0.0884. The monoisotopic (exact) mass is 283 g/mol. The van der Waals surface area contributed by atoms with Gasteiger partial charge >= 0.3 is 0 Å². The highest BCUT2D eigenvalue weighted by Crippen LogP contribution is 2.26. The van der Waals surface area contributed by atoms with Crippen LogP contribution in [0.4, 0.5) is 0 Å². The average Bonchev–Trinajstić information content (AvgIpc) is 2.73. The molecule has 0 aliphatic rings. The molecular formula is C14H25N3OS. The number of aromatic nitrogens is 1. The van der Waals surface area contributed by atoms with E-state index in [0.717, 1.165) is 23.5 Å². The summed E-state index contributed by atoms with van der Waals surface area (Å²) in [6.07, 6.45) is 2.35. The first-order valence-corrected chi connectivity index (χ1v) is 7.63. The maximum atomic E-state index is 11.9. The molecule has 1 aromatic rings. The van der Waals surface area contributed by atoms with E-state index in [4.69, 9.17) is 5.73 Å². The molecule has 1 unspecified atom stereocenters. The minimum absolute atomic E-state index is 0.0104. The Morgan fingerprint density at radius 3 is 2.74 bits per heavy atom. The van der Waals surface area contributed by atoms with Crippen LogP contribution in [0.3, 0.4) is 0 Å². The second-order valence-electron chi connectivity index (χ2n) is 5.82. The second-order valence-corrected chi connectivity index (χ2v) is 6.71. The molecule has 0 aromatic carbocycles. The fourth-order valence-electron chi connectivity index (χ4n) is 1.91. The van der Waals surface area contributed by atoms with Gasteiger partial charge in [-0.15, -0.1) is 11.3 Å². The van der Waals surface area contributed by atoms with Crippen molar-refractivity contribution in [3.05, 3.63) is 16.1 Å². The zero-order valence-corrected chi connectivity index (χ0v) is 13.1. The summed E-state index contributed by atoms with van der Waals surface area (Å²) in [6, 6.07) is -0.0104. The van der Waals surface area contributed by atoms with Gasteiger partial charge in [-0.1, -0.05) is 13.8 Å². The van der Waals surface area contributed by atoms with Crippen LogP contribution in [-0.2, 0) is 4.79 Å². The normalized spacial score (nSPS) is 13.3. The summed E-state index contributed by atoms with van der Waals surface area (Å²) in [5.41, 5.74) is 6.71. The van der Waals surface area contributed by atoms with Gasteiger partial charge in [-0.25, -0.2) is 4.98 Å². The van der Waals surface area contributed by atoms with E-state index in [9.17, 15) is 4.79 Å². The van der Waals surface area contributed by atoms with Crippen molar-refractivity contribution < 1.29 is 4.79 Å². The first-order valence-electron chi connectivity index (χ1n) is 6.75. The molecule has 4 nitrogen and oxygen atoms in total. The van der Waals surface area contributed by atoms with Gasteiger partial charge in [-0.3, -0.25) is 4.79 Å². The number of nitrogens with one attached hydrogen (secondary N) is 1. The van der Waals surface area contributed by atoms with Crippen molar-refractivity contribution in [1.29, 1.82) is 0 Å². The van der Waals surface area contributed by atoms with Gasteiger partial charge in [0.1, 0.15) is 5.01 Å². The predicted octanol–water partition coefficient (Wildman–Crippen LogP) is 2.78. The fraction of sp³-hybridized carbons (Fsp3) is 0.714. The van der Waals surface area contributed by atoms with Crippen LogP contribution >= 0.6 is 11.3 Å². The Labute approximate surface area is 119 Å². The van der Waals surface area contributed by atoms with Gasteiger partial charge in [-0.2, -0.15) is 0 Å². The van der Waals surface area contributed by atoms with E-state index in [0.29, 0.717) is 13.0 Å². The van der Waals surface area contributed by atoms with Crippen LogP contribution in [0, 0.1) is 12.3 Å². The number of nitrogens with zero attached hydrogens (tertiary/aromatic N) is 1. The molecule has 0 saturated heterocycles. The van der Waals surface area contributed by atoms with Crippen molar-refractivity contribution >= 4 is 17.2 Å². The lowest BCUT2D eigenvalue weighted by Gasteiger charge is -2.23. The number of thiazole rings is 1. The fourth-order valence-corrected chi connectivity index (χ4v) is 2.72. The molecule has 108 valence electrons. The lowest BCUT2D eigenvalue weighted by Crippen LogP contribution is -2.28. The Bertz CT molecular complexity index is 415. The number of aryl methyl sites for hydroxylation is 1. The number of carbonyl (C=O) groups excluding carboxylic acids is 1. The van der Waals surface area contributed by atoms with Crippen LogP contribution in [0.25, 0.3) is 0 Å². The highest BCUT2D eigenvalue weighted by molar-refractivity contribution is 7.09. The second kappa shape index (κ2) is 7.01. The van der Waals surface area contributed by atoms with Gasteiger partial charge in [0.25, 0.3) is 0 Å². The molecule has 1 amide bonds. The molecule has 1 atom stereocenters. The van der Waals surface area contributed by atoms with Crippen molar-refractivity contribution in [3.63, 3.8) is 0 Å². The van der Waals surface area contributed by atoms with Crippen molar-refractivity contribution in [2.75, 3.05) is 6.54 Å². The van der Waals surface area contributed by atoms with Gasteiger partial charge < -0.3 is 11.1 Å². The lowest BCUT2D eigenvalue weighted by molar-refractivity contribution is -0.122. The number of hydrogen-bond donors (Lipinski definition) is 2. The molecule has 3 N–H and O–H groups in total. The van der Waals surface area contributed by atoms with Gasteiger partial charge in [0, 0.05) is 17.5 Å². The first kappa shape index (κ1) is 16.1. The zero-order chi connectivity index (χ0) is 14.5. The number of hydrogen-bond acceptors (Lipinski definition) is 4. The maximum absolute atomic E-state index is 11.9. The molecule has 0 aliphatic heterocycles. The van der Waals surface area contributed by atoms with Crippen LogP contribution in [0.5, 0.6) is 0 Å². The van der Waals surface area contributed by atoms with Crippen LogP contribution in [0.15, 0.2) is 5.38 Å². The predicted molar refractivity (Wildman–Crippen MR) is 80.1 cm³/mol. The summed E-state index contributed by atoms with van der Waals surface area (Å²) in [7, 11) is 0. The summed E-state index contributed by atoms with van der Waals surface area (Å²) < 4.78 is 0. The molecule has 1 rings (SSSR count). The Kier molecular flexibility index (Phi) is 5.94. The van der Waals surface area contributed by atoms with Crippen molar-refractivity contribution in [3.8, 4) is 0 Å².